The van der Waals surface area contributed by atoms with E-state index in [0.717, 1.165) is 4.90 Å². The summed E-state index contributed by atoms with van der Waals surface area (Å²) in [7, 11) is 0. The molecule has 1 amide bonds. The quantitative estimate of drug-likeness (QED) is 0.656. The van der Waals surface area contributed by atoms with Crippen molar-refractivity contribution in [2.45, 2.75) is 4.90 Å². The largest absolute Gasteiger partial charge is 0.323 e. The molecule has 0 aliphatic carbocycles. The highest BCUT2D eigenvalue weighted by Crippen LogP contribution is 2.32. The number of hydrogen-bond donors (Lipinski definition) is 1. The van der Waals surface area contributed by atoms with Crippen LogP contribution in [-0.2, 0) is 4.79 Å². The normalized spacial score (nSPS) is 10.5. The van der Waals surface area contributed by atoms with Crippen molar-refractivity contribution in [1.29, 1.82) is 0 Å². The van der Waals surface area contributed by atoms with Crippen molar-refractivity contribution in [3.8, 4) is 0 Å². The van der Waals surface area contributed by atoms with Crippen LogP contribution in [0.4, 0.5) is 5.69 Å². The van der Waals surface area contributed by atoms with Gasteiger partial charge in [0.25, 0.3) is 0 Å². The molecular weight excluding hydrogens is 372 g/mol. The molecular formula is C14H9Cl4NOS. The van der Waals surface area contributed by atoms with Crippen LogP contribution in [0, 0.1) is 0 Å². The minimum Gasteiger partial charge on any atom is -0.323 e. The van der Waals surface area contributed by atoms with Crippen molar-refractivity contribution in [1.82, 2.24) is 0 Å². The van der Waals surface area contributed by atoms with Gasteiger partial charge in [-0.2, -0.15) is 0 Å². The van der Waals surface area contributed by atoms with Gasteiger partial charge < -0.3 is 5.32 Å². The second kappa shape index (κ2) is 7.61. The number of thioether (sulfide) groups is 1. The standard InChI is InChI=1S/C14H9Cl4NOS/c15-8-4-5-9(16)12(6-8)21-7-13(20)19-14-10(17)2-1-3-11(14)18/h1-6H,7H2,(H,19,20). The number of rotatable bonds is 4. The first kappa shape index (κ1) is 16.8. The maximum atomic E-state index is 12.0. The molecule has 0 atom stereocenters. The summed E-state index contributed by atoms with van der Waals surface area (Å²) in [4.78, 5) is 12.7. The third-order valence-corrected chi connectivity index (χ3v) is 4.84. The van der Waals surface area contributed by atoms with Gasteiger partial charge in [0.05, 0.1) is 26.5 Å². The number of benzene rings is 2. The highest BCUT2D eigenvalue weighted by Gasteiger charge is 2.11. The molecule has 2 nitrogen and oxygen atoms in total. The van der Waals surface area contributed by atoms with E-state index >= 15 is 0 Å². The van der Waals surface area contributed by atoms with Gasteiger partial charge in [0.2, 0.25) is 5.91 Å². The Morgan fingerprint density at radius 2 is 1.67 bits per heavy atom. The molecule has 0 fully saturated rings. The highest BCUT2D eigenvalue weighted by molar-refractivity contribution is 8.00. The fourth-order valence-corrected chi connectivity index (χ4v) is 3.31. The van der Waals surface area contributed by atoms with Gasteiger partial charge >= 0.3 is 0 Å². The van der Waals surface area contributed by atoms with Crippen molar-refractivity contribution in [2.24, 2.45) is 0 Å². The van der Waals surface area contributed by atoms with Crippen molar-refractivity contribution >= 4 is 69.8 Å². The summed E-state index contributed by atoms with van der Waals surface area (Å²) < 4.78 is 0. The number of hydrogen-bond acceptors (Lipinski definition) is 2. The molecule has 0 aliphatic heterocycles. The number of carbonyl (C=O) groups excluding carboxylic acids is 1. The van der Waals surface area contributed by atoms with Crippen LogP contribution in [-0.4, -0.2) is 11.7 Å². The Balaban J connectivity index is 2.01. The molecule has 0 saturated heterocycles. The Hall–Kier alpha value is -0.580. The Labute approximate surface area is 146 Å². The second-order valence-electron chi connectivity index (χ2n) is 4.01. The minimum absolute atomic E-state index is 0.168. The van der Waals surface area contributed by atoms with E-state index in [1.165, 1.54) is 11.8 Å². The van der Waals surface area contributed by atoms with Gasteiger partial charge in [0.1, 0.15) is 0 Å². The molecule has 110 valence electrons. The third kappa shape index (κ3) is 4.70. The summed E-state index contributed by atoms with van der Waals surface area (Å²) in [5, 5.41) is 4.58. The van der Waals surface area contributed by atoms with Crippen molar-refractivity contribution in [2.75, 3.05) is 11.1 Å². The lowest BCUT2D eigenvalue weighted by atomic mass is 10.3. The van der Waals surface area contributed by atoms with Gasteiger partial charge in [-0.05, 0) is 30.3 Å². The number of halogens is 4. The maximum absolute atomic E-state index is 12.0. The highest BCUT2D eigenvalue weighted by atomic mass is 35.5. The molecule has 2 aromatic rings. The average molecular weight is 381 g/mol. The van der Waals surface area contributed by atoms with Crippen molar-refractivity contribution in [3.05, 3.63) is 56.5 Å². The van der Waals surface area contributed by atoms with E-state index < -0.39 is 0 Å². The van der Waals surface area contributed by atoms with Crippen LogP contribution in [0.5, 0.6) is 0 Å². The maximum Gasteiger partial charge on any atom is 0.234 e. The van der Waals surface area contributed by atoms with E-state index in [1.807, 2.05) is 0 Å². The van der Waals surface area contributed by atoms with Gasteiger partial charge in [-0.25, -0.2) is 0 Å². The van der Waals surface area contributed by atoms with Crippen molar-refractivity contribution in [3.63, 3.8) is 0 Å². The molecule has 0 radical (unpaired) electrons. The van der Waals surface area contributed by atoms with Crippen LogP contribution in [0.25, 0.3) is 0 Å². The van der Waals surface area contributed by atoms with Gasteiger partial charge in [0, 0.05) is 9.92 Å². The molecule has 0 bridgehead atoms. The Bertz CT molecular complexity index is 658. The second-order valence-corrected chi connectivity index (χ2v) is 6.68. The molecule has 2 aromatic carbocycles. The first-order valence-electron chi connectivity index (χ1n) is 5.79. The lowest BCUT2D eigenvalue weighted by Gasteiger charge is -2.09. The molecule has 21 heavy (non-hydrogen) atoms. The van der Waals surface area contributed by atoms with Gasteiger partial charge in [-0.1, -0.05) is 52.5 Å². The lowest BCUT2D eigenvalue weighted by molar-refractivity contribution is -0.113. The Kier molecular flexibility index (Phi) is 6.08. The summed E-state index contributed by atoms with van der Waals surface area (Å²) >= 11 is 25.2. The fraction of sp³-hybridized carbons (Fsp3) is 0.0714. The predicted octanol–water partition coefficient (Wildman–Crippen LogP) is 6.03. The van der Waals surface area contributed by atoms with E-state index in [1.54, 1.807) is 36.4 Å². The monoisotopic (exact) mass is 379 g/mol. The van der Waals surface area contributed by atoms with Gasteiger partial charge in [0.15, 0.2) is 0 Å². The number of para-hydroxylation sites is 1. The number of amides is 1. The van der Waals surface area contributed by atoms with Gasteiger partial charge in [-0.3, -0.25) is 4.79 Å². The molecule has 0 aromatic heterocycles. The summed E-state index contributed by atoms with van der Waals surface area (Å²) in [5.74, 6) is -0.0622. The number of carbonyl (C=O) groups is 1. The zero-order valence-electron chi connectivity index (χ0n) is 10.5. The molecule has 2 rings (SSSR count). The predicted molar refractivity (Wildman–Crippen MR) is 92.3 cm³/mol. The topological polar surface area (TPSA) is 29.1 Å². The van der Waals surface area contributed by atoms with Crippen LogP contribution < -0.4 is 5.32 Å². The summed E-state index contributed by atoms with van der Waals surface area (Å²) in [5.41, 5.74) is 0.406. The fourth-order valence-electron chi connectivity index (χ4n) is 1.52. The van der Waals surface area contributed by atoms with Crippen LogP contribution in [0.1, 0.15) is 0 Å². The van der Waals surface area contributed by atoms with Gasteiger partial charge in [-0.15, -0.1) is 11.8 Å². The zero-order valence-corrected chi connectivity index (χ0v) is 14.3. The third-order valence-electron chi connectivity index (χ3n) is 2.48. The van der Waals surface area contributed by atoms with Crippen LogP contribution in [0.15, 0.2) is 41.3 Å². The van der Waals surface area contributed by atoms with E-state index in [2.05, 4.69) is 5.32 Å². The smallest absolute Gasteiger partial charge is 0.234 e. The molecule has 0 spiro atoms. The van der Waals surface area contributed by atoms with Crippen LogP contribution in [0.2, 0.25) is 20.1 Å². The molecule has 7 heteroatoms. The molecule has 0 unspecified atom stereocenters. The molecule has 0 saturated carbocycles. The summed E-state index contributed by atoms with van der Waals surface area (Å²) in [6.07, 6.45) is 0. The average Bonchev–Trinajstić information content (AvgIpc) is 2.44. The first-order valence-corrected chi connectivity index (χ1v) is 8.29. The zero-order chi connectivity index (χ0) is 15.4. The Morgan fingerprint density at radius 3 is 2.33 bits per heavy atom. The molecule has 0 heterocycles. The van der Waals surface area contributed by atoms with Crippen molar-refractivity contribution < 1.29 is 4.79 Å². The lowest BCUT2D eigenvalue weighted by Crippen LogP contribution is -2.14. The SMILES string of the molecule is O=C(CSc1cc(Cl)ccc1Cl)Nc1c(Cl)cccc1Cl. The van der Waals surface area contributed by atoms with E-state index in [0.29, 0.717) is 25.8 Å². The first-order chi connectivity index (χ1) is 9.97. The summed E-state index contributed by atoms with van der Waals surface area (Å²) in [6, 6.07) is 10.1. The van der Waals surface area contributed by atoms with Crippen LogP contribution in [0.3, 0.4) is 0 Å². The summed E-state index contributed by atoms with van der Waals surface area (Å²) in [6.45, 7) is 0. The van der Waals surface area contributed by atoms with Crippen LogP contribution >= 0.6 is 58.2 Å². The van der Waals surface area contributed by atoms with E-state index in [4.69, 9.17) is 46.4 Å². The van der Waals surface area contributed by atoms with E-state index in [9.17, 15) is 4.79 Å². The number of anilines is 1. The number of nitrogens with one attached hydrogen (secondary N) is 1. The molecule has 0 aliphatic rings. The minimum atomic E-state index is -0.231. The molecule has 1 N–H and O–H groups in total. The van der Waals surface area contributed by atoms with E-state index in [-0.39, 0.29) is 11.7 Å². The Morgan fingerprint density at radius 1 is 1.00 bits per heavy atom.